The van der Waals surface area contributed by atoms with Crippen LogP contribution in [0.4, 0.5) is 0 Å². The molecule has 198 valence electrons. The van der Waals surface area contributed by atoms with Crippen molar-refractivity contribution in [1.29, 1.82) is 0 Å². The van der Waals surface area contributed by atoms with Crippen molar-refractivity contribution >= 4 is 40.4 Å². The number of nitrogens with zero attached hydrogens (tertiary/aromatic N) is 4. The number of para-hydroxylation sites is 2. The topological polar surface area (TPSA) is 69.2 Å². The molecule has 3 heterocycles. The molecule has 2 aromatic heterocycles. The monoisotopic (exact) mass is 556 g/mol. The van der Waals surface area contributed by atoms with Crippen molar-refractivity contribution in [3.8, 4) is 0 Å². The van der Waals surface area contributed by atoms with Crippen molar-refractivity contribution < 1.29 is 0 Å². The van der Waals surface area contributed by atoms with Crippen LogP contribution in [0.2, 0.25) is 10.3 Å². The van der Waals surface area contributed by atoms with E-state index in [4.69, 9.17) is 28.2 Å². The van der Waals surface area contributed by atoms with E-state index >= 15 is 0 Å². The van der Waals surface area contributed by atoms with Crippen molar-refractivity contribution in [1.82, 2.24) is 25.2 Å². The number of imidazole rings is 1. The van der Waals surface area contributed by atoms with Gasteiger partial charge in [0.15, 0.2) is 0 Å². The molecule has 1 aliphatic carbocycles. The standard InChI is InChI=1S/C31H30Cl2N6/c32-29-14-23(15-30(33)38-29)18-34-17-21-5-3-6-22(13-21)19-39(20-31-36-27-8-1-2-9-28(27)37-31)25-10-11-26-24(16-25)7-4-12-35-26/h1-9,12-16,25-26,34H,10-11,17-20H2,(H,36,37). The van der Waals surface area contributed by atoms with Crippen LogP contribution in [0.25, 0.3) is 11.0 Å². The lowest BCUT2D eigenvalue weighted by Gasteiger charge is -2.34. The lowest BCUT2D eigenvalue weighted by Crippen LogP contribution is -2.37. The van der Waals surface area contributed by atoms with Crippen molar-refractivity contribution in [3.63, 3.8) is 0 Å². The van der Waals surface area contributed by atoms with E-state index in [-0.39, 0.29) is 0 Å². The number of benzene rings is 2. The van der Waals surface area contributed by atoms with Gasteiger partial charge >= 0.3 is 0 Å². The Morgan fingerprint density at radius 2 is 1.69 bits per heavy atom. The van der Waals surface area contributed by atoms with Crippen molar-refractivity contribution in [2.45, 2.75) is 51.1 Å². The third-order valence-electron chi connectivity index (χ3n) is 7.26. The van der Waals surface area contributed by atoms with Gasteiger partial charge in [0.05, 0.1) is 23.6 Å². The molecule has 0 saturated heterocycles. The van der Waals surface area contributed by atoms with Crippen molar-refractivity contribution in [2.75, 3.05) is 0 Å². The maximum absolute atomic E-state index is 6.05. The molecule has 8 heteroatoms. The molecule has 2 aliphatic rings. The number of hydrogen-bond acceptors (Lipinski definition) is 5. The van der Waals surface area contributed by atoms with E-state index in [9.17, 15) is 0 Å². The number of allylic oxidation sites excluding steroid dienone is 1. The van der Waals surface area contributed by atoms with Gasteiger partial charge in [-0.25, -0.2) is 9.97 Å². The minimum Gasteiger partial charge on any atom is -0.341 e. The van der Waals surface area contributed by atoms with E-state index in [0.29, 0.717) is 28.9 Å². The van der Waals surface area contributed by atoms with E-state index in [0.717, 1.165) is 54.9 Å². The summed E-state index contributed by atoms with van der Waals surface area (Å²) in [4.78, 5) is 19.6. The molecule has 0 bridgehead atoms. The van der Waals surface area contributed by atoms with Crippen LogP contribution in [-0.4, -0.2) is 38.2 Å². The Bertz CT molecular complexity index is 1500. The summed E-state index contributed by atoms with van der Waals surface area (Å²) in [6.07, 6.45) is 10.7. The third kappa shape index (κ3) is 6.48. The summed E-state index contributed by atoms with van der Waals surface area (Å²) >= 11 is 12.1. The summed E-state index contributed by atoms with van der Waals surface area (Å²) in [7, 11) is 0. The molecule has 6 nitrogen and oxygen atoms in total. The van der Waals surface area contributed by atoms with Gasteiger partial charge in [-0.2, -0.15) is 0 Å². The van der Waals surface area contributed by atoms with E-state index in [1.165, 1.54) is 16.7 Å². The van der Waals surface area contributed by atoms with Crippen molar-refractivity contribution in [2.24, 2.45) is 4.99 Å². The number of halogens is 2. The third-order valence-corrected chi connectivity index (χ3v) is 7.65. The minimum absolute atomic E-state index is 0.291. The summed E-state index contributed by atoms with van der Waals surface area (Å²) in [6.45, 7) is 2.98. The quantitative estimate of drug-likeness (QED) is 0.226. The van der Waals surface area contributed by atoms with Gasteiger partial charge < -0.3 is 10.3 Å². The molecule has 0 amide bonds. The minimum atomic E-state index is 0.291. The fraction of sp³-hybridized carbons (Fsp3) is 0.258. The van der Waals surface area contributed by atoms with Crippen LogP contribution in [0, 0.1) is 0 Å². The Morgan fingerprint density at radius 1 is 0.872 bits per heavy atom. The Labute approximate surface area is 238 Å². The molecular formula is C31H30Cl2N6. The van der Waals surface area contributed by atoms with Crippen LogP contribution in [0.3, 0.4) is 0 Å². The van der Waals surface area contributed by atoms with Gasteiger partial charge in [0, 0.05) is 31.9 Å². The van der Waals surface area contributed by atoms with Crippen LogP contribution in [0.15, 0.2) is 89.5 Å². The second kappa shape index (κ2) is 11.8. The van der Waals surface area contributed by atoms with E-state index in [1.807, 2.05) is 36.6 Å². The van der Waals surface area contributed by atoms with Crippen LogP contribution >= 0.6 is 23.2 Å². The highest BCUT2D eigenvalue weighted by atomic mass is 35.5. The number of aliphatic imine (C=N–C) groups is 1. The van der Waals surface area contributed by atoms with E-state index < -0.39 is 0 Å². The first-order chi connectivity index (χ1) is 19.1. The first-order valence-corrected chi connectivity index (χ1v) is 14.0. The summed E-state index contributed by atoms with van der Waals surface area (Å²) in [5.74, 6) is 0.987. The maximum Gasteiger partial charge on any atom is 0.131 e. The fourth-order valence-corrected chi connectivity index (χ4v) is 5.94. The first kappa shape index (κ1) is 26.0. The van der Waals surface area contributed by atoms with E-state index in [1.54, 1.807) is 0 Å². The number of aromatic amines is 1. The molecule has 39 heavy (non-hydrogen) atoms. The Kier molecular flexibility index (Phi) is 7.88. The average Bonchev–Trinajstić information content (AvgIpc) is 3.35. The normalized spacial score (nSPS) is 18.5. The molecular weight excluding hydrogens is 527 g/mol. The lowest BCUT2D eigenvalue weighted by molar-refractivity contribution is 0.188. The predicted octanol–water partition coefficient (Wildman–Crippen LogP) is 6.65. The average molecular weight is 558 g/mol. The molecule has 1 aliphatic heterocycles. The summed E-state index contributed by atoms with van der Waals surface area (Å²) < 4.78 is 0. The number of fused-ring (bicyclic) bond motifs is 2. The molecule has 6 rings (SSSR count). The molecule has 2 unspecified atom stereocenters. The van der Waals surface area contributed by atoms with Gasteiger partial charge in [-0.1, -0.05) is 71.8 Å². The molecule has 0 spiro atoms. The van der Waals surface area contributed by atoms with E-state index in [2.05, 4.69) is 73.7 Å². The number of hydrogen-bond donors (Lipinski definition) is 2. The van der Waals surface area contributed by atoms with Gasteiger partial charge in [-0.05, 0) is 65.4 Å². The number of aromatic nitrogens is 3. The number of nitrogens with one attached hydrogen (secondary N) is 2. The molecule has 2 aromatic carbocycles. The molecule has 2 N–H and O–H groups in total. The highest BCUT2D eigenvalue weighted by Gasteiger charge is 2.27. The second-order valence-electron chi connectivity index (χ2n) is 10.1. The summed E-state index contributed by atoms with van der Waals surface area (Å²) in [6, 6.07) is 21.3. The number of dihydropyridines is 1. The molecule has 2 atom stereocenters. The van der Waals surface area contributed by atoms with Crippen LogP contribution in [0.5, 0.6) is 0 Å². The molecule has 0 fully saturated rings. The number of pyridine rings is 1. The van der Waals surface area contributed by atoms with Crippen LogP contribution < -0.4 is 5.32 Å². The largest absolute Gasteiger partial charge is 0.341 e. The zero-order valence-corrected chi connectivity index (χ0v) is 23.0. The maximum atomic E-state index is 6.05. The van der Waals surface area contributed by atoms with Crippen molar-refractivity contribution in [3.05, 3.63) is 117 Å². The number of rotatable bonds is 9. The Balaban J connectivity index is 1.19. The predicted molar refractivity (Wildman–Crippen MR) is 159 cm³/mol. The summed E-state index contributed by atoms with van der Waals surface area (Å²) in [5, 5.41) is 4.31. The molecule has 0 saturated carbocycles. The highest BCUT2D eigenvalue weighted by Crippen LogP contribution is 2.29. The smallest absolute Gasteiger partial charge is 0.131 e. The Hall–Kier alpha value is -3.29. The Morgan fingerprint density at radius 3 is 2.56 bits per heavy atom. The van der Waals surface area contributed by atoms with Gasteiger partial charge in [0.25, 0.3) is 0 Å². The lowest BCUT2D eigenvalue weighted by atomic mass is 9.89. The van der Waals surface area contributed by atoms with Crippen LogP contribution in [-0.2, 0) is 26.2 Å². The molecule has 0 radical (unpaired) electrons. The summed E-state index contributed by atoms with van der Waals surface area (Å²) in [5.41, 5.74) is 6.91. The zero-order valence-electron chi connectivity index (χ0n) is 21.5. The zero-order chi connectivity index (χ0) is 26.6. The van der Waals surface area contributed by atoms with Gasteiger partial charge in [-0.15, -0.1) is 0 Å². The van der Waals surface area contributed by atoms with Gasteiger partial charge in [0.1, 0.15) is 16.1 Å². The molecule has 4 aromatic rings. The van der Waals surface area contributed by atoms with Crippen LogP contribution in [0.1, 0.15) is 35.4 Å². The fourth-order valence-electron chi connectivity index (χ4n) is 5.44. The first-order valence-electron chi connectivity index (χ1n) is 13.3. The SMILES string of the molecule is Clc1cc(CNCc2cccc(CN(Cc3nc4ccccc4[nH]3)C3C=C4C=CC=NC4CC3)c2)cc(Cl)n1. The number of H-pyrrole nitrogens is 1. The van der Waals surface area contributed by atoms with Gasteiger partial charge in [-0.3, -0.25) is 9.89 Å². The highest BCUT2D eigenvalue weighted by molar-refractivity contribution is 6.32. The second-order valence-corrected chi connectivity index (χ2v) is 10.9. The van der Waals surface area contributed by atoms with Gasteiger partial charge in [0.2, 0.25) is 0 Å².